The van der Waals surface area contributed by atoms with E-state index in [2.05, 4.69) is 15.9 Å². The number of halogens is 1. The lowest BCUT2D eigenvalue weighted by Gasteiger charge is -2.30. The molecule has 2 aliphatic rings. The van der Waals surface area contributed by atoms with Crippen LogP contribution in [0.15, 0.2) is 64.7 Å². The molecule has 2 atom stereocenters. The lowest BCUT2D eigenvalue weighted by Crippen LogP contribution is -2.50. The van der Waals surface area contributed by atoms with Crippen LogP contribution in [0.1, 0.15) is 35.7 Å². The van der Waals surface area contributed by atoms with Gasteiger partial charge in [0.05, 0.1) is 23.3 Å². The highest BCUT2D eigenvalue weighted by atomic mass is 79.9. The van der Waals surface area contributed by atoms with Crippen molar-refractivity contribution in [2.75, 3.05) is 0 Å². The topological polar surface area (TPSA) is 101 Å². The fraction of sp³-hybridized carbons (Fsp3) is 0.261. The molecule has 1 saturated heterocycles. The van der Waals surface area contributed by atoms with Gasteiger partial charge in [-0.3, -0.25) is 24.5 Å². The van der Waals surface area contributed by atoms with Crippen molar-refractivity contribution in [1.29, 1.82) is 0 Å². The van der Waals surface area contributed by atoms with Gasteiger partial charge in [-0.1, -0.05) is 51.8 Å². The number of carbonyl (C=O) groups excluding carboxylic acids is 3. The highest BCUT2D eigenvalue weighted by Crippen LogP contribution is 2.39. The Labute approximate surface area is 192 Å². The zero-order chi connectivity index (χ0) is 23.0. The van der Waals surface area contributed by atoms with Gasteiger partial charge in [-0.25, -0.2) is 5.01 Å². The van der Waals surface area contributed by atoms with Crippen LogP contribution in [-0.4, -0.2) is 32.7 Å². The van der Waals surface area contributed by atoms with E-state index in [1.165, 1.54) is 24.3 Å². The summed E-state index contributed by atoms with van der Waals surface area (Å²) in [6.07, 6.45) is 2.83. The van der Waals surface area contributed by atoms with Gasteiger partial charge in [0.1, 0.15) is 5.56 Å². The van der Waals surface area contributed by atoms with Gasteiger partial charge in [-0.2, -0.15) is 5.01 Å². The summed E-state index contributed by atoms with van der Waals surface area (Å²) < 4.78 is 0.832. The first-order chi connectivity index (χ1) is 15.3. The monoisotopic (exact) mass is 497 g/mol. The molecule has 0 spiro atoms. The highest BCUT2D eigenvalue weighted by molar-refractivity contribution is 9.10. The van der Waals surface area contributed by atoms with E-state index in [9.17, 15) is 24.5 Å². The zero-order valence-corrected chi connectivity index (χ0v) is 18.8. The quantitative estimate of drug-likeness (QED) is 0.266. The van der Waals surface area contributed by atoms with Gasteiger partial charge in [0.15, 0.2) is 0 Å². The van der Waals surface area contributed by atoms with Gasteiger partial charge in [0, 0.05) is 10.5 Å². The van der Waals surface area contributed by atoms with Gasteiger partial charge >= 0.3 is 0 Å². The summed E-state index contributed by atoms with van der Waals surface area (Å²) in [7, 11) is 0. The molecule has 2 aromatic carbocycles. The van der Waals surface area contributed by atoms with Gasteiger partial charge in [0.25, 0.3) is 23.4 Å². The SMILES string of the molecule is CC1=CC[C@@H]2C(=O)N(N(Cc3ccc(Br)cc3)C(=O)c3ccccc3[N+](=O)[O-])C(=O)[C@H]2C1. The second-order valence-electron chi connectivity index (χ2n) is 7.96. The lowest BCUT2D eigenvalue weighted by atomic mass is 9.82. The van der Waals surface area contributed by atoms with Crippen LogP contribution in [0.5, 0.6) is 0 Å². The minimum Gasteiger partial charge on any atom is -0.272 e. The molecule has 1 aliphatic carbocycles. The van der Waals surface area contributed by atoms with Crippen LogP contribution in [0.2, 0.25) is 0 Å². The Kier molecular flexibility index (Phi) is 5.92. The van der Waals surface area contributed by atoms with E-state index in [0.717, 1.165) is 20.1 Å². The maximum absolute atomic E-state index is 13.5. The van der Waals surface area contributed by atoms with Gasteiger partial charge < -0.3 is 0 Å². The van der Waals surface area contributed by atoms with Crippen LogP contribution in [0.25, 0.3) is 0 Å². The van der Waals surface area contributed by atoms with Crippen LogP contribution in [0.3, 0.4) is 0 Å². The fourth-order valence-electron chi connectivity index (χ4n) is 4.21. The average molecular weight is 498 g/mol. The summed E-state index contributed by atoms with van der Waals surface area (Å²) in [5.41, 5.74) is 1.13. The van der Waals surface area contributed by atoms with E-state index in [1.807, 2.05) is 13.0 Å². The molecule has 0 bridgehead atoms. The average Bonchev–Trinajstić information content (AvgIpc) is 3.02. The third kappa shape index (κ3) is 3.95. The van der Waals surface area contributed by atoms with Crippen molar-refractivity contribution in [1.82, 2.24) is 10.0 Å². The minimum atomic E-state index is -0.773. The number of para-hydroxylation sites is 1. The molecule has 0 saturated carbocycles. The first-order valence-corrected chi connectivity index (χ1v) is 10.9. The maximum atomic E-state index is 13.5. The number of rotatable bonds is 5. The fourth-order valence-corrected chi connectivity index (χ4v) is 4.47. The number of imide groups is 1. The van der Waals surface area contributed by atoms with Crippen molar-refractivity contribution >= 4 is 39.3 Å². The van der Waals surface area contributed by atoms with Gasteiger partial charge in [0.2, 0.25) is 0 Å². The largest absolute Gasteiger partial charge is 0.282 e. The smallest absolute Gasteiger partial charge is 0.272 e. The molecule has 0 aromatic heterocycles. The van der Waals surface area contributed by atoms with E-state index < -0.39 is 34.5 Å². The molecule has 0 radical (unpaired) electrons. The number of hydrazine groups is 1. The first-order valence-electron chi connectivity index (χ1n) is 10.1. The van der Waals surface area contributed by atoms with Crippen LogP contribution in [-0.2, 0) is 16.1 Å². The predicted molar refractivity (Wildman–Crippen MR) is 119 cm³/mol. The number of allylic oxidation sites excluding steroid dienone is 2. The van der Waals surface area contributed by atoms with Gasteiger partial charge in [-0.05, 0) is 43.5 Å². The lowest BCUT2D eigenvalue weighted by molar-refractivity contribution is -0.385. The summed E-state index contributed by atoms with van der Waals surface area (Å²) in [5.74, 6) is -2.73. The minimum absolute atomic E-state index is 0.0819. The van der Waals surface area contributed by atoms with Gasteiger partial charge in [-0.15, -0.1) is 0 Å². The molecule has 0 unspecified atom stereocenters. The first kappa shape index (κ1) is 21.9. The molecule has 8 nitrogen and oxygen atoms in total. The van der Waals surface area contributed by atoms with E-state index >= 15 is 0 Å². The second-order valence-corrected chi connectivity index (χ2v) is 8.87. The second kappa shape index (κ2) is 8.66. The molecule has 1 aliphatic heterocycles. The summed E-state index contributed by atoms with van der Waals surface area (Å²) in [6, 6.07) is 12.6. The Hall–Kier alpha value is -3.33. The summed E-state index contributed by atoms with van der Waals surface area (Å²) >= 11 is 3.36. The van der Waals surface area contributed by atoms with Crippen molar-refractivity contribution in [3.05, 3.63) is 85.9 Å². The number of nitrogens with zero attached hydrogens (tertiary/aromatic N) is 3. The molecule has 9 heteroatoms. The van der Waals surface area contributed by atoms with Crippen LogP contribution in [0.4, 0.5) is 5.69 Å². The number of nitro groups is 1. The van der Waals surface area contributed by atoms with Crippen molar-refractivity contribution in [2.24, 2.45) is 11.8 Å². The molecule has 4 rings (SSSR count). The number of fused-ring (bicyclic) bond motifs is 1. The van der Waals surface area contributed by atoms with E-state index in [4.69, 9.17) is 0 Å². The number of nitro benzene ring substituents is 1. The van der Waals surface area contributed by atoms with Crippen molar-refractivity contribution in [3.8, 4) is 0 Å². The molecule has 3 amide bonds. The summed E-state index contributed by atoms with van der Waals surface area (Å²) in [5, 5.41) is 13.5. The third-order valence-corrected chi connectivity index (χ3v) is 6.38. The maximum Gasteiger partial charge on any atom is 0.282 e. The Bertz CT molecular complexity index is 1140. The Morgan fingerprint density at radius 3 is 2.47 bits per heavy atom. The van der Waals surface area contributed by atoms with Crippen molar-refractivity contribution < 1.29 is 19.3 Å². The van der Waals surface area contributed by atoms with Crippen LogP contribution < -0.4 is 0 Å². The molecule has 1 fully saturated rings. The van der Waals surface area contributed by atoms with Crippen LogP contribution >= 0.6 is 15.9 Å². The Morgan fingerprint density at radius 1 is 1.12 bits per heavy atom. The van der Waals surface area contributed by atoms with Crippen molar-refractivity contribution in [2.45, 2.75) is 26.3 Å². The number of carbonyl (C=O) groups is 3. The van der Waals surface area contributed by atoms with E-state index in [1.54, 1.807) is 24.3 Å². The molecule has 0 N–H and O–H groups in total. The number of hydrogen-bond donors (Lipinski definition) is 0. The Balaban J connectivity index is 1.76. The molecule has 164 valence electrons. The van der Waals surface area contributed by atoms with Crippen LogP contribution in [0, 0.1) is 22.0 Å². The predicted octanol–water partition coefficient (Wildman–Crippen LogP) is 4.26. The van der Waals surface area contributed by atoms with Crippen molar-refractivity contribution in [3.63, 3.8) is 0 Å². The number of benzene rings is 2. The molecule has 2 aromatic rings. The molecular weight excluding hydrogens is 478 g/mol. The Morgan fingerprint density at radius 2 is 1.78 bits per heavy atom. The molecule has 32 heavy (non-hydrogen) atoms. The number of amides is 3. The van der Waals surface area contributed by atoms with E-state index in [0.29, 0.717) is 18.4 Å². The third-order valence-electron chi connectivity index (χ3n) is 5.85. The zero-order valence-electron chi connectivity index (χ0n) is 17.2. The number of hydrogen-bond acceptors (Lipinski definition) is 5. The van der Waals surface area contributed by atoms with E-state index in [-0.39, 0.29) is 17.8 Å². The molecule has 1 heterocycles. The summed E-state index contributed by atoms with van der Waals surface area (Å²) in [4.78, 5) is 50.9. The highest BCUT2D eigenvalue weighted by Gasteiger charge is 2.51. The summed E-state index contributed by atoms with van der Waals surface area (Å²) in [6.45, 7) is 1.83. The standard InChI is InChI=1S/C23H20BrN3O5/c1-14-6-11-17-19(12-14)23(30)26(22(17)29)25(13-15-7-9-16(24)10-8-15)21(28)18-4-2-3-5-20(18)27(31)32/h2-10,17,19H,11-13H2,1H3/t17-,19-/m0/s1. The molecular formula is C23H20BrN3O5. The normalized spacial score (nSPS) is 20.1.